The minimum absolute atomic E-state index is 0.362. The molecule has 64 valence electrons. The number of hydrogen-bond donors (Lipinski definition) is 0. The van der Waals surface area contributed by atoms with E-state index in [1.54, 1.807) is 0 Å². The molecule has 0 aromatic rings. The van der Waals surface area contributed by atoms with Crippen LogP contribution < -0.4 is 0 Å². The zero-order chi connectivity index (χ0) is 8.43. The van der Waals surface area contributed by atoms with E-state index >= 15 is 0 Å². The lowest BCUT2D eigenvalue weighted by molar-refractivity contribution is -0.124. The molecule has 1 aliphatic heterocycles. The molecule has 1 fully saturated rings. The van der Waals surface area contributed by atoms with Crippen LogP contribution in [0, 0.1) is 0 Å². The van der Waals surface area contributed by atoms with Crippen molar-refractivity contribution in [3.8, 4) is 0 Å². The lowest BCUT2D eigenvalue weighted by Gasteiger charge is -2.40. The van der Waals surface area contributed by atoms with Crippen LogP contribution in [0.25, 0.3) is 0 Å². The topological polar surface area (TPSA) is 23.6 Å². The van der Waals surface area contributed by atoms with Gasteiger partial charge in [0.25, 0.3) is 0 Å². The number of carbonyl (C=O) groups is 1. The number of carbonyl (C=O) groups excluding carboxylic acids is 1. The van der Waals surface area contributed by atoms with Gasteiger partial charge < -0.3 is 9.80 Å². The molecule has 0 saturated carbocycles. The van der Waals surface area contributed by atoms with Gasteiger partial charge in [0.1, 0.15) is 0 Å². The second kappa shape index (κ2) is 3.22. The van der Waals surface area contributed by atoms with Crippen LogP contribution >= 0.6 is 0 Å². The molecule has 1 heterocycles. The summed E-state index contributed by atoms with van der Waals surface area (Å²) >= 11 is 0. The highest BCUT2D eigenvalue weighted by Crippen LogP contribution is 2.11. The average molecular weight is 156 g/mol. The lowest BCUT2D eigenvalue weighted by Crippen LogP contribution is -2.54. The Morgan fingerprint density at radius 1 is 1.27 bits per heavy atom. The molecule has 3 heteroatoms. The van der Waals surface area contributed by atoms with Crippen LogP contribution in [0.15, 0.2) is 0 Å². The first-order chi connectivity index (χ1) is 5.15. The van der Waals surface area contributed by atoms with E-state index in [1.165, 1.54) is 0 Å². The maximum atomic E-state index is 10.6. The van der Waals surface area contributed by atoms with Crippen molar-refractivity contribution in [1.29, 1.82) is 0 Å². The van der Waals surface area contributed by atoms with Gasteiger partial charge in [0, 0.05) is 25.2 Å². The molecule has 1 aliphatic rings. The first-order valence-electron chi connectivity index (χ1n) is 4.06. The Morgan fingerprint density at radius 3 is 2.09 bits per heavy atom. The summed E-state index contributed by atoms with van der Waals surface area (Å²) in [5.74, 6) is 0. The summed E-state index contributed by atoms with van der Waals surface area (Å²) in [6.07, 6.45) is 0.961. The molecule has 0 unspecified atom stereocenters. The monoisotopic (exact) mass is 156 g/mol. The second-order valence-electron chi connectivity index (χ2n) is 3.47. The Hall–Kier alpha value is -0.570. The number of piperazine rings is 1. The predicted molar refractivity (Wildman–Crippen MR) is 44.3 cm³/mol. The number of nitrogens with zero attached hydrogens (tertiary/aromatic N) is 2. The van der Waals surface area contributed by atoms with E-state index in [9.17, 15) is 4.79 Å². The summed E-state index contributed by atoms with van der Waals surface area (Å²) < 4.78 is 0. The highest BCUT2D eigenvalue weighted by atomic mass is 16.1. The van der Waals surface area contributed by atoms with E-state index in [1.807, 2.05) is 4.90 Å². The number of amides is 1. The third kappa shape index (κ3) is 1.71. The fourth-order valence-electron chi connectivity index (χ4n) is 1.81. The molecular formula is C8H16N2O. The molecule has 2 atom stereocenters. The summed E-state index contributed by atoms with van der Waals surface area (Å²) in [5, 5.41) is 0. The van der Waals surface area contributed by atoms with Gasteiger partial charge in [0.15, 0.2) is 0 Å². The minimum Gasteiger partial charge on any atom is -0.337 e. The molecule has 11 heavy (non-hydrogen) atoms. The molecule has 0 aliphatic carbocycles. The van der Waals surface area contributed by atoms with E-state index in [4.69, 9.17) is 0 Å². The van der Waals surface area contributed by atoms with Crippen molar-refractivity contribution in [3.05, 3.63) is 0 Å². The molecular weight excluding hydrogens is 140 g/mol. The molecule has 1 rings (SSSR count). The van der Waals surface area contributed by atoms with E-state index in [0.29, 0.717) is 12.1 Å². The van der Waals surface area contributed by atoms with Crippen molar-refractivity contribution in [2.24, 2.45) is 0 Å². The van der Waals surface area contributed by atoms with Crippen molar-refractivity contribution in [1.82, 2.24) is 9.80 Å². The number of rotatable bonds is 1. The molecule has 0 bridgehead atoms. The molecule has 0 spiro atoms. The van der Waals surface area contributed by atoms with Gasteiger partial charge in [-0.1, -0.05) is 0 Å². The third-order valence-electron chi connectivity index (χ3n) is 2.29. The highest BCUT2D eigenvalue weighted by Gasteiger charge is 2.25. The molecule has 0 aromatic heterocycles. The largest absolute Gasteiger partial charge is 0.337 e. The predicted octanol–water partition coefficient (Wildman–Crippen LogP) is 0.167. The van der Waals surface area contributed by atoms with Gasteiger partial charge in [-0.3, -0.25) is 4.79 Å². The summed E-state index contributed by atoms with van der Waals surface area (Å²) in [4.78, 5) is 14.7. The quantitative estimate of drug-likeness (QED) is 0.505. The van der Waals surface area contributed by atoms with Gasteiger partial charge in [-0.15, -0.1) is 0 Å². The van der Waals surface area contributed by atoms with Gasteiger partial charge in [0.05, 0.1) is 0 Å². The van der Waals surface area contributed by atoms with E-state index in [0.717, 1.165) is 19.5 Å². The van der Waals surface area contributed by atoms with Crippen molar-refractivity contribution < 1.29 is 4.79 Å². The Bertz CT molecular complexity index is 137. The standard InChI is InChI=1S/C8H16N2O/c1-7-4-9(3)5-8(2)10(7)6-11/h6-8H,4-5H2,1-3H3/t7-,8+. The SMILES string of the molecule is C[C@@H]1CN(C)C[C@H](C)N1C=O. The normalized spacial score (nSPS) is 33.9. The first-order valence-corrected chi connectivity index (χ1v) is 4.06. The fraction of sp³-hybridized carbons (Fsp3) is 0.875. The zero-order valence-corrected chi connectivity index (χ0v) is 7.45. The van der Waals surface area contributed by atoms with Gasteiger partial charge in [-0.2, -0.15) is 0 Å². The smallest absolute Gasteiger partial charge is 0.210 e. The van der Waals surface area contributed by atoms with Crippen LogP contribution in [0.1, 0.15) is 13.8 Å². The lowest BCUT2D eigenvalue weighted by atomic mass is 10.1. The number of likely N-dealkylation sites (N-methyl/N-ethyl adjacent to an activating group) is 1. The summed E-state index contributed by atoms with van der Waals surface area (Å²) in [6, 6.07) is 0.725. The minimum atomic E-state index is 0.362. The third-order valence-corrected chi connectivity index (χ3v) is 2.29. The molecule has 1 saturated heterocycles. The Morgan fingerprint density at radius 2 is 1.73 bits per heavy atom. The Labute approximate surface area is 68.0 Å². The van der Waals surface area contributed by atoms with Gasteiger partial charge in [-0.25, -0.2) is 0 Å². The molecule has 1 amide bonds. The Kier molecular flexibility index (Phi) is 2.49. The van der Waals surface area contributed by atoms with Crippen molar-refractivity contribution in [2.45, 2.75) is 25.9 Å². The number of hydrogen-bond acceptors (Lipinski definition) is 2. The first kappa shape index (κ1) is 8.53. The summed E-state index contributed by atoms with van der Waals surface area (Å²) in [5.41, 5.74) is 0. The van der Waals surface area contributed by atoms with Crippen LogP contribution in [0.2, 0.25) is 0 Å². The maximum absolute atomic E-state index is 10.6. The maximum Gasteiger partial charge on any atom is 0.210 e. The molecule has 3 nitrogen and oxygen atoms in total. The Balaban J connectivity index is 2.58. The second-order valence-corrected chi connectivity index (χ2v) is 3.47. The van der Waals surface area contributed by atoms with E-state index in [-0.39, 0.29) is 0 Å². The van der Waals surface area contributed by atoms with Crippen LogP contribution in [0.3, 0.4) is 0 Å². The highest BCUT2D eigenvalue weighted by molar-refractivity contribution is 5.48. The van der Waals surface area contributed by atoms with Crippen LogP contribution in [0.5, 0.6) is 0 Å². The van der Waals surface area contributed by atoms with Crippen LogP contribution in [0.4, 0.5) is 0 Å². The summed E-state index contributed by atoms with van der Waals surface area (Å²) in [7, 11) is 2.09. The summed E-state index contributed by atoms with van der Waals surface area (Å²) in [6.45, 7) is 6.15. The van der Waals surface area contributed by atoms with Crippen molar-refractivity contribution in [2.75, 3.05) is 20.1 Å². The van der Waals surface area contributed by atoms with Gasteiger partial charge in [-0.05, 0) is 20.9 Å². The zero-order valence-electron chi connectivity index (χ0n) is 7.45. The van der Waals surface area contributed by atoms with Gasteiger partial charge in [0.2, 0.25) is 6.41 Å². The molecule has 0 aromatic carbocycles. The van der Waals surface area contributed by atoms with E-state index < -0.39 is 0 Å². The van der Waals surface area contributed by atoms with Crippen molar-refractivity contribution >= 4 is 6.41 Å². The molecule has 0 radical (unpaired) electrons. The average Bonchev–Trinajstić information content (AvgIpc) is 1.85. The van der Waals surface area contributed by atoms with E-state index in [2.05, 4.69) is 25.8 Å². The van der Waals surface area contributed by atoms with Gasteiger partial charge >= 0.3 is 0 Å². The molecule has 0 N–H and O–H groups in total. The van der Waals surface area contributed by atoms with Crippen LogP contribution in [-0.2, 0) is 4.79 Å². The fourth-order valence-corrected chi connectivity index (χ4v) is 1.81. The van der Waals surface area contributed by atoms with Crippen LogP contribution in [-0.4, -0.2) is 48.4 Å². The van der Waals surface area contributed by atoms with Crippen molar-refractivity contribution in [3.63, 3.8) is 0 Å².